The fraction of sp³-hybridized carbons (Fsp3) is 0.533. The Hall–Kier alpha value is -1.51. The zero-order valence-electron chi connectivity index (χ0n) is 11.2. The van der Waals surface area contributed by atoms with Gasteiger partial charge in [0.1, 0.15) is 0 Å². The van der Waals surface area contributed by atoms with Crippen molar-refractivity contribution in [1.29, 1.82) is 0 Å². The molecule has 1 saturated carbocycles. The Balaban J connectivity index is 1.80. The maximum absolute atomic E-state index is 4.66. The molecule has 3 rings (SSSR count). The fourth-order valence-electron chi connectivity index (χ4n) is 2.90. The van der Waals surface area contributed by atoms with Gasteiger partial charge >= 0.3 is 0 Å². The van der Waals surface area contributed by atoms with E-state index in [1.165, 1.54) is 31.2 Å². The SMILES string of the molecule is CCC1(CNc2nc3ccccc3n2C)CCC1. The van der Waals surface area contributed by atoms with Gasteiger partial charge in [-0.25, -0.2) is 4.98 Å². The van der Waals surface area contributed by atoms with Gasteiger partial charge in [0.25, 0.3) is 0 Å². The molecule has 0 bridgehead atoms. The van der Waals surface area contributed by atoms with Gasteiger partial charge in [-0.1, -0.05) is 25.5 Å². The van der Waals surface area contributed by atoms with Crippen molar-refractivity contribution in [3.05, 3.63) is 24.3 Å². The molecule has 96 valence electrons. The molecule has 0 atom stereocenters. The third-order valence-corrected chi connectivity index (χ3v) is 4.57. The van der Waals surface area contributed by atoms with Crippen molar-refractivity contribution in [2.24, 2.45) is 12.5 Å². The molecule has 1 aliphatic carbocycles. The van der Waals surface area contributed by atoms with Gasteiger partial charge in [-0.2, -0.15) is 0 Å². The first-order valence-electron chi connectivity index (χ1n) is 6.89. The number of imidazole rings is 1. The number of nitrogens with one attached hydrogen (secondary N) is 1. The summed E-state index contributed by atoms with van der Waals surface area (Å²) in [5, 5.41) is 3.55. The monoisotopic (exact) mass is 243 g/mol. The van der Waals surface area contributed by atoms with Crippen LogP contribution in [-0.4, -0.2) is 16.1 Å². The fourth-order valence-corrected chi connectivity index (χ4v) is 2.90. The second-order valence-electron chi connectivity index (χ2n) is 5.54. The summed E-state index contributed by atoms with van der Waals surface area (Å²) in [6, 6.07) is 8.29. The molecule has 0 unspecified atom stereocenters. The number of nitrogens with zero attached hydrogens (tertiary/aromatic N) is 2. The standard InChI is InChI=1S/C15H21N3/c1-3-15(9-6-10-15)11-16-14-17-12-7-4-5-8-13(12)18(14)2/h4-5,7-8H,3,6,9-11H2,1-2H3,(H,16,17). The quantitative estimate of drug-likeness (QED) is 0.889. The molecule has 1 fully saturated rings. The normalized spacial score (nSPS) is 17.7. The summed E-state index contributed by atoms with van der Waals surface area (Å²) in [5.41, 5.74) is 2.79. The minimum atomic E-state index is 0.526. The van der Waals surface area contributed by atoms with E-state index in [0.717, 1.165) is 18.0 Å². The molecule has 1 aromatic heterocycles. The maximum Gasteiger partial charge on any atom is 0.203 e. The smallest absolute Gasteiger partial charge is 0.203 e. The average molecular weight is 243 g/mol. The summed E-state index contributed by atoms with van der Waals surface area (Å²) in [6.07, 6.45) is 5.38. The Morgan fingerprint density at radius 2 is 2.11 bits per heavy atom. The van der Waals surface area contributed by atoms with Crippen LogP contribution in [0.25, 0.3) is 11.0 Å². The number of para-hydroxylation sites is 2. The predicted molar refractivity (Wildman–Crippen MR) is 75.8 cm³/mol. The minimum absolute atomic E-state index is 0.526. The molecule has 1 heterocycles. The lowest BCUT2D eigenvalue weighted by molar-refractivity contribution is 0.144. The molecule has 0 amide bonds. The molecule has 2 aromatic rings. The lowest BCUT2D eigenvalue weighted by atomic mass is 9.67. The van der Waals surface area contributed by atoms with Gasteiger partial charge in [-0.15, -0.1) is 0 Å². The summed E-state index contributed by atoms with van der Waals surface area (Å²) in [4.78, 5) is 4.66. The van der Waals surface area contributed by atoms with E-state index in [-0.39, 0.29) is 0 Å². The van der Waals surface area contributed by atoms with Crippen LogP contribution in [0.1, 0.15) is 32.6 Å². The van der Waals surface area contributed by atoms with E-state index in [1.807, 2.05) is 6.07 Å². The topological polar surface area (TPSA) is 29.9 Å². The van der Waals surface area contributed by atoms with Crippen LogP contribution in [0.2, 0.25) is 0 Å². The summed E-state index contributed by atoms with van der Waals surface area (Å²) in [6.45, 7) is 3.36. The molecule has 0 saturated heterocycles. The van der Waals surface area contributed by atoms with E-state index >= 15 is 0 Å². The highest BCUT2D eigenvalue weighted by atomic mass is 15.2. The van der Waals surface area contributed by atoms with Crippen LogP contribution in [0.4, 0.5) is 5.95 Å². The van der Waals surface area contributed by atoms with Crippen LogP contribution in [0.3, 0.4) is 0 Å². The third kappa shape index (κ3) is 1.78. The maximum atomic E-state index is 4.66. The van der Waals surface area contributed by atoms with Crippen LogP contribution in [0.15, 0.2) is 24.3 Å². The number of benzene rings is 1. The van der Waals surface area contributed by atoms with Crippen LogP contribution in [0, 0.1) is 5.41 Å². The van der Waals surface area contributed by atoms with E-state index in [2.05, 4.69) is 47.0 Å². The summed E-state index contributed by atoms with van der Waals surface area (Å²) >= 11 is 0. The highest BCUT2D eigenvalue weighted by Gasteiger charge is 2.34. The van der Waals surface area contributed by atoms with Gasteiger partial charge in [0.05, 0.1) is 11.0 Å². The lowest BCUT2D eigenvalue weighted by Gasteiger charge is -2.41. The molecular weight excluding hydrogens is 222 g/mol. The molecule has 3 heteroatoms. The van der Waals surface area contributed by atoms with Crippen LogP contribution in [-0.2, 0) is 7.05 Å². The first-order chi connectivity index (χ1) is 8.74. The van der Waals surface area contributed by atoms with Gasteiger partial charge < -0.3 is 9.88 Å². The molecular formula is C15H21N3. The highest BCUT2D eigenvalue weighted by Crippen LogP contribution is 2.43. The zero-order valence-corrected chi connectivity index (χ0v) is 11.2. The second-order valence-corrected chi connectivity index (χ2v) is 5.54. The van der Waals surface area contributed by atoms with Crippen molar-refractivity contribution < 1.29 is 0 Å². The van der Waals surface area contributed by atoms with Crippen molar-refractivity contribution >= 4 is 17.0 Å². The molecule has 1 aliphatic rings. The Labute approximate surface area is 108 Å². The summed E-state index contributed by atoms with van der Waals surface area (Å²) < 4.78 is 2.15. The number of fused-ring (bicyclic) bond motifs is 1. The third-order valence-electron chi connectivity index (χ3n) is 4.57. The van der Waals surface area contributed by atoms with Crippen molar-refractivity contribution in [1.82, 2.24) is 9.55 Å². The average Bonchev–Trinajstić information content (AvgIpc) is 2.67. The van der Waals surface area contributed by atoms with Crippen molar-refractivity contribution in [2.45, 2.75) is 32.6 Å². The Kier molecular flexibility index (Phi) is 2.77. The summed E-state index contributed by atoms with van der Waals surface area (Å²) in [5.74, 6) is 0.996. The van der Waals surface area contributed by atoms with E-state index < -0.39 is 0 Å². The number of anilines is 1. The van der Waals surface area contributed by atoms with Gasteiger partial charge in [-0.3, -0.25) is 0 Å². The molecule has 0 radical (unpaired) electrons. The summed E-state index contributed by atoms with van der Waals surface area (Å²) in [7, 11) is 2.08. The number of aryl methyl sites for hydroxylation is 1. The molecule has 0 spiro atoms. The number of hydrogen-bond acceptors (Lipinski definition) is 2. The van der Waals surface area contributed by atoms with E-state index in [4.69, 9.17) is 0 Å². The Bertz CT molecular complexity index is 546. The Morgan fingerprint density at radius 3 is 2.72 bits per heavy atom. The van der Waals surface area contributed by atoms with Crippen LogP contribution < -0.4 is 5.32 Å². The van der Waals surface area contributed by atoms with Crippen LogP contribution >= 0.6 is 0 Å². The van der Waals surface area contributed by atoms with Crippen molar-refractivity contribution in [3.63, 3.8) is 0 Å². The minimum Gasteiger partial charge on any atom is -0.355 e. The highest BCUT2D eigenvalue weighted by molar-refractivity contribution is 5.78. The molecule has 18 heavy (non-hydrogen) atoms. The number of aromatic nitrogens is 2. The molecule has 0 aliphatic heterocycles. The molecule has 3 nitrogen and oxygen atoms in total. The number of hydrogen-bond donors (Lipinski definition) is 1. The van der Waals surface area contributed by atoms with Crippen molar-refractivity contribution in [2.75, 3.05) is 11.9 Å². The lowest BCUT2D eigenvalue weighted by Crippen LogP contribution is -2.36. The van der Waals surface area contributed by atoms with E-state index in [1.54, 1.807) is 0 Å². The number of rotatable bonds is 4. The first-order valence-corrected chi connectivity index (χ1v) is 6.89. The molecule has 1 aromatic carbocycles. The van der Waals surface area contributed by atoms with E-state index in [0.29, 0.717) is 5.41 Å². The van der Waals surface area contributed by atoms with E-state index in [9.17, 15) is 0 Å². The largest absolute Gasteiger partial charge is 0.355 e. The van der Waals surface area contributed by atoms with Gasteiger partial charge in [0.2, 0.25) is 5.95 Å². The second kappa shape index (κ2) is 4.30. The van der Waals surface area contributed by atoms with Crippen molar-refractivity contribution in [3.8, 4) is 0 Å². The van der Waals surface area contributed by atoms with Crippen LogP contribution in [0.5, 0.6) is 0 Å². The van der Waals surface area contributed by atoms with Gasteiger partial charge in [-0.05, 0) is 36.8 Å². The predicted octanol–water partition coefficient (Wildman–Crippen LogP) is 3.57. The Morgan fingerprint density at radius 1 is 1.33 bits per heavy atom. The molecule has 1 N–H and O–H groups in total. The zero-order chi connectivity index (χ0) is 12.6. The van der Waals surface area contributed by atoms with Gasteiger partial charge in [0, 0.05) is 13.6 Å². The van der Waals surface area contributed by atoms with Gasteiger partial charge in [0.15, 0.2) is 0 Å². The first kappa shape index (κ1) is 11.6.